The Balaban J connectivity index is 4.31. The van der Waals surface area contributed by atoms with E-state index in [1.807, 2.05) is 12.2 Å². The van der Waals surface area contributed by atoms with Gasteiger partial charge in [0.1, 0.15) is 13.2 Å². The molecule has 47 heavy (non-hydrogen) atoms. The van der Waals surface area contributed by atoms with E-state index in [1.165, 1.54) is 0 Å². The monoisotopic (exact) mass is 657 g/mol. The second-order valence-corrected chi connectivity index (χ2v) is 12.3. The largest absolute Gasteiger partial charge is 0.462 e. The Morgan fingerprint density at radius 2 is 0.872 bits per heavy atom. The number of carbonyl (C=O) groups is 3. The van der Waals surface area contributed by atoms with Crippen LogP contribution in [-0.2, 0) is 28.6 Å². The quantitative estimate of drug-likeness (QED) is 0.0297. The van der Waals surface area contributed by atoms with E-state index in [2.05, 4.69) is 56.5 Å². The highest BCUT2D eigenvalue weighted by atomic mass is 16.6. The first-order valence-corrected chi connectivity index (χ1v) is 18.7. The molecule has 268 valence electrons. The van der Waals surface area contributed by atoms with Crippen molar-refractivity contribution < 1.29 is 28.6 Å². The van der Waals surface area contributed by atoms with Gasteiger partial charge in [0.2, 0.25) is 0 Å². The second-order valence-electron chi connectivity index (χ2n) is 12.3. The van der Waals surface area contributed by atoms with Crippen LogP contribution in [0.3, 0.4) is 0 Å². The smallest absolute Gasteiger partial charge is 0.306 e. The summed E-state index contributed by atoms with van der Waals surface area (Å²) in [5.41, 5.74) is 0. The number of unbranched alkanes of at least 4 members (excludes halogenated alkanes) is 15. The summed E-state index contributed by atoms with van der Waals surface area (Å²) < 4.78 is 16.4. The molecule has 0 spiro atoms. The highest BCUT2D eigenvalue weighted by molar-refractivity contribution is 5.71. The van der Waals surface area contributed by atoms with Crippen molar-refractivity contribution in [2.75, 3.05) is 13.2 Å². The fourth-order valence-electron chi connectivity index (χ4n) is 4.94. The lowest BCUT2D eigenvalue weighted by atomic mass is 10.1. The predicted molar refractivity (Wildman–Crippen MR) is 196 cm³/mol. The summed E-state index contributed by atoms with van der Waals surface area (Å²) >= 11 is 0. The van der Waals surface area contributed by atoms with Gasteiger partial charge in [-0.3, -0.25) is 14.4 Å². The molecule has 0 aliphatic heterocycles. The number of esters is 3. The summed E-state index contributed by atoms with van der Waals surface area (Å²) in [6.07, 6.45) is 38.8. The molecular formula is C41H68O6. The molecule has 0 aliphatic carbocycles. The van der Waals surface area contributed by atoms with Gasteiger partial charge in [-0.25, -0.2) is 0 Å². The number of rotatable bonds is 34. The van der Waals surface area contributed by atoms with E-state index >= 15 is 0 Å². The molecule has 0 aromatic carbocycles. The Hall–Kier alpha value is -2.89. The van der Waals surface area contributed by atoms with Crippen molar-refractivity contribution in [3.8, 4) is 0 Å². The van der Waals surface area contributed by atoms with Crippen molar-refractivity contribution >= 4 is 17.9 Å². The molecule has 0 radical (unpaired) electrons. The molecule has 6 nitrogen and oxygen atoms in total. The zero-order valence-electron chi connectivity index (χ0n) is 29.9. The third-order valence-electron chi connectivity index (χ3n) is 7.77. The van der Waals surface area contributed by atoms with Gasteiger partial charge >= 0.3 is 17.9 Å². The van der Waals surface area contributed by atoms with Crippen LogP contribution < -0.4 is 0 Å². The van der Waals surface area contributed by atoms with E-state index < -0.39 is 6.10 Å². The van der Waals surface area contributed by atoms with Crippen LogP contribution in [0.5, 0.6) is 0 Å². The van der Waals surface area contributed by atoms with Crippen LogP contribution in [0.4, 0.5) is 0 Å². The second kappa shape index (κ2) is 36.0. The standard InChI is InChI=1S/C41H68O6/c1-4-7-10-13-16-17-18-19-20-21-22-23-26-28-31-34-40(43)46-37-38(47-41(44)35-32-29-25-15-12-9-6-3)36-45-39(42)33-30-27-24-14-11-8-5-2/h5-7,10,16-17,19-20,38H,2-4,8-9,11-15,18,21-37H2,1H3/b10-7-,17-16-,20-19-. The van der Waals surface area contributed by atoms with Gasteiger partial charge in [0.25, 0.3) is 0 Å². The van der Waals surface area contributed by atoms with Crippen LogP contribution in [0, 0.1) is 0 Å². The lowest BCUT2D eigenvalue weighted by molar-refractivity contribution is -0.167. The molecule has 0 heterocycles. The van der Waals surface area contributed by atoms with Crippen LogP contribution in [0.1, 0.15) is 161 Å². The Labute approximate surface area is 288 Å². The lowest BCUT2D eigenvalue weighted by Gasteiger charge is -2.18. The zero-order chi connectivity index (χ0) is 34.5. The van der Waals surface area contributed by atoms with Crippen LogP contribution in [0.15, 0.2) is 61.8 Å². The zero-order valence-corrected chi connectivity index (χ0v) is 29.9. The molecular weight excluding hydrogens is 588 g/mol. The van der Waals surface area contributed by atoms with Gasteiger partial charge in [-0.05, 0) is 77.0 Å². The molecule has 0 saturated carbocycles. The van der Waals surface area contributed by atoms with Crippen molar-refractivity contribution in [2.24, 2.45) is 0 Å². The number of carbonyl (C=O) groups excluding carboxylic acids is 3. The first-order valence-electron chi connectivity index (χ1n) is 18.7. The van der Waals surface area contributed by atoms with E-state index in [-0.39, 0.29) is 31.1 Å². The fraction of sp³-hybridized carbons (Fsp3) is 0.683. The minimum absolute atomic E-state index is 0.0974. The molecule has 0 aromatic heterocycles. The first kappa shape index (κ1) is 44.1. The fourth-order valence-corrected chi connectivity index (χ4v) is 4.94. The first-order chi connectivity index (χ1) is 23.0. The number of hydrogen-bond donors (Lipinski definition) is 0. The maximum absolute atomic E-state index is 12.5. The molecule has 6 heteroatoms. The van der Waals surface area contributed by atoms with Crippen molar-refractivity contribution in [3.63, 3.8) is 0 Å². The number of hydrogen-bond acceptors (Lipinski definition) is 6. The summed E-state index contributed by atoms with van der Waals surface area (Å²) in [7, 11) is 0. The van der Waals surface area contributed by atoms with Gasteiger partial charge in [-0.1, -0.05) is 113 Å². The average Bonchev–Trinajstić information content (AvgIpc) is 3.06. The van der Waals surface area contributed by atoms with Crippen LogP contribution in [0.2, 0.25) is 0 Å². The van der Waals surface area contributed by atoms with Gasteiger partial charge < -0.3 is 14.2 Å². The van der Waals surface area contributed by atoms with Crippen molar-refractivity contribution in [1.29, 1.82) is 0 Å². The lowest BCUT2D eigenvalue weighted by Crippen LogP contribution is -2.30. The summed E-state index contributed by atoms with van der Waals surface area (Å²) in [6, 6.07) is 0. The molecule has 0 amide bonds. The van der Waals surface area contributed by atoms with E-state index in [4.69, 9.17) is 14.2 Å². The highest BCUT2D eigenvalue weighted by Crippen LogP contribution is 2.12. The average molecular weight is 657 g/mol. The van der Waals surface area contributed by atoms with Crippen LogP contribution >= 0.6 is 0 Å². The predicted octanol–water partition coefficient (Wildman–Crippen LogP) is 11.4. The maximum atomic E-state index is 12.5. The van der Waals surface area contributed by atoms with Gasteiger partial charge in [0, 0.05) is 19.3 Å². The van der Waals surface area contributed by atoms with Gasteiger partial charge in [0.05, 0.1) is 0 Å². The van der Waals surface area contributed by atoms with Crippen molar-refractivity contribution in [1.82, 2.24) is 0 Å². The third-order valence-corrected chi connectivity index (χ3v) is 7.77. The summed E-state index contributed by atoms with van der Waals surface area (Å²) in [5, 5.41) is 0. The van der Waals surface area contributed by atoms with E-state index in [0.29, 0.717) is 19.3 Å². The van der Waals surface area contributed by atoms with Gasteiger partial charge in [0.15, 0.2) is 6.10 Å². The number of allylic oxidation sites excluding steroid dienone is 8. The molecule has 1 atom stereocenters. The van der Waals surface area contributed by atoms with Crippen molar-refractivity contribution in [3.05, 3.63) is 61.8 Å². The summed E-state index contributed by atoms with van der Waals surface area (Å²) in [6.45, 7) is 9.43. The van der Waals surface area contributed by atoms with Gasteiger partial charge in [-0.15, -0.1) is 13.2 Å². The van der Waals surface area contributed by atoms with E-state index in [0.717, 1.165) is 135 Å². The Morgan fingerprint density at radius 3 is 1.34 bits per heavy atom. The Bertz CT molecular complexity index is 871. The maximum Gasteiger partial charge on any atom is 0.306 e. The molecule has 0 saturated heterocycles. The molecule has 0 N–H and O–H groups in total. The molecule has 1 unspecified atom stereocenters. The molecule has 0 aromatic rings. The van der Waals surface area contributed by atoms with Crippen molar-refractivity contribution in [2.45, 2.75) is 167 Å². The molecule has 0 aliphatic rings. The Kier molecular flexibility index (Phi) is 33.7. The minimum atomic E-state index is -0.789. The van der Waals surface area contributed by atoms with Crippen LogP contribution in [0.25, 0.3) is 0 Å². The SMILES string of the molecule is C=CCCCCCCCC(=O)OCC(COC(=O)CCCCCCC/C=C\C/C=C\C/C=C\CC)OC(=O)CCCCCCCC=C. The summed E-state index contributed by atoms with van der Waals surface area (Å²) in [4.78, 5) is 37.2. The topological polar surface area (TPSA) is 78.9 Å². The third kappa shape index (κ3) is 34.3. The highest BCUT2D eigenvalue weighted by Gasteiger charge is 2.19. The normalized spacial score (nSPS) is 12.1. The van der Waals surface area contributed by atoms with E-state index in [1.54, 1.807) is 0 Å². The molecule has 0 fully saturated rings. The molecule has 0 rings (SSSR count). The van der Waals surface area contributed by atoms with Crippen LogP contribution in [-0.4, -0.2) is 37.2 Å². The van der Waals surface area contributed by atoms with E-state index in [9.17, 15) is 14.4 Å². The minimum Gasteiger partial charge on any atom is -0.462 e. The Morgan fingerprint density at radius 1 is 0.489 bits per heavy atom. The molecule has 0 bridgehead atoms. The summed E-state index contributed by atoms with van der Waals surface area (Å²) in [5.74, 6) is -0.973. The number of ether oxygens (including phenoxy) is 3. The van der Waals surface area contributed by atoms with Gasteiger partial charge in [-0.2, -0.15) is 0 Å².